The van der Waals surface area contributed by atoms with Gasteiger partial charge in [-0.05, 0) is 92.4 Å². The van der Waals surface area contributed by atoms with E-state index in [0.717, 1.165) is 52.4 Å². The molecule has 200 valence electrons. The van der Waals surface area contributed by atoms with E-state index in [2.05, 4.69) is 22.1 Å². The molecule has 0 saturated heterocycles. The number of hydrogen-bond donors (Lipinski definition) is 1. The predicted octanol–water partition coefficient (Wildman–Crippen LogP) is 6.26. The number of benzene rings is 3. The second-order valence-electron chi connectivity index (χ2n) is 9.70. The normalized spacial score (nSPS) is 14.5. The number of ether oxygens (including phenoxy) is 2. The number of anilines is 3. The first-order valence-corrected chi connectivity index (χ1v) is 12.9. The van der Waals surface area contributed by atoms with Crippen molar-refractivity contribution in [2.24, 2.45) is 0 Å². The third kappa shape index (κ3) is 5.85. The van der Waals surface area contributed by atoms with Gasteiger partial charge in [0.2, 0.25) is 5.95 Å². The number of esters is 1. The summed E-state index contributed by atoms with van der Waals surface area (Å²) >= 11 is 0. The lowest BCUT2D eigenvalue weighted by molar-refractivity contribution is -0.133. The summed E-state index contributed by atoms with van der Waals surface area (Å²) in [5, 5.41) is 3.19. The van der Waals surface area contributed by atoms with Crippen LogP contribution in [0.1, 0.15) is 40.9 Å². The van der Waals surface area contributed by atoms with Gasteiger partial charge in [-0.1, -0.05) is 18.2 Å². The summed E-state index contributed by atoms with van der Waals surface area (Å²) in [6.07, 6.45) is 0.948. The Morgan fingerprint density at radius 2 is 1.85 bits per heavy atom. The standard InChI is InChI=1S/C31H31FN4O3/c1-19-20(2)33-31(34-25-10-8-24(32)9-11-25)35-30(19)36-15-14-23-18-27(12-13-28(23)21(36)3)39-29(37)17-22-6-5-7-26(16-22)38-4/h5-13,16,18,21H,14-15,17H2,1-4H3,(H,33,34,35). The van der Waals surface area contributed by atoms with Crippen LogP contribution in [0.4, 0.5) is 21.8 Å². The highest BCUT2D eigenvalue weighted by atomic mass is 19.1. The SMILES string of the molecule is COc1cccc(CC(=O)Oc2ccc3c(c2)CCN(c2nc(Nc4ccc(F)cc4)nc(C)c2C)C3C)c1. The molecular formula is C31H31FN4O3. The van der Waals surface area contributed by atoms with Crippen molar-refractivity contribution < 1.29 is 18.7 Å². The van der Waals surface area contributed by atoms with Gasteiger partial charge in [0.05, 0.1) is 19.6 Å². The Bertz CT molecular complexity index is 1510. The first kappa shape index (κ1) is 26.2. The van der Waals surface area contributed by atoms with Crippen LogP contribution in [0, 0.1) is 19.7 Å². The zero-order valence-corrected chi connectivity index (χ0v) is 22.5. The van der Waals surface area contributed by atoms with Gasteiger partial charge in [-0.15, -0.1) is 0 Å². The topological polar surface area (TPSA) is 76.6 Å². The molecule has 7 nitrogen and oxygen atoms in total. The number of methoxy groups -OCH3 is 1. The van der Waals surface area contributed by atoms with Crippen molar-refractivity contribution in [2.75, 3.05) is 23.9 Å². The van der Waals surface area contributed by atoms with Crippen molar-refractivity contribution in [3.05, 3.63) is 100 Å². The molecular weight excluding hydrogens is 495 g/mol. The number of carbonyl (C=O) groups is 1. The summed E-state index contributed by atoms with van der Waals surface area (Å²) in [5.74, 6) is 1.97. The van der Waals surface area contributed by atoms with Gasteiger partial charge < -0.3 is 19.7 Å². The number of halogens is 1. The van der Waals surface area contributed by atoms with Crippen LogP contribution in [0.3, 0.4) is 0 Å². The van der Waals surface area contributed by atoms with Crippen LogP contribution >= 0.6 is 0 Å². The van der Waals surface area contributed by atoms with Gasteiger partial charge >= 0.3 is 5.97 Å². The summed E-state index contributed by atoms with van der Waals surface area (Å²) in [4.78, 5) is 24.3. The minimum atomic E-state index is -0.318. The molecule has 8 heteroatoms. The van der Waals surface area contributed by atoms with E-state index in [-0.39, 0.29) is 24.2 Å². The Hall–Kier alpha value is -4.46. The molecule has 5 rings (SSSR count). The van der Waals surface area contributed by atoms with Crippen LogP contribution in [0.15, 0.2) is 66.7 Å². The number of hydrogen-bond acceptors (Lipinski definition) is 7. The van der Waals surface area contributed by atoms with Gasteiger partial charge in [0.1, 0.15) is 23.1 Å². The molecule has 0 spiro atoms. The quantitative estimate of drug-likeness (QED) is 0.225. The Labute approximate surface area is 227 Å². The minimum absolute atomic E-state index is 0.0574. The maximum absolute atomic E-state index is 13.3. The number of fused-ring (bicyclic) bond motifs is 1. The monoisotopic (exact) mass is 526 g/mol. The van der Waals surface area contributed by atoms with E-state index in [4.69, 9.17) is 14.5 Å². The Kier molecular flexibility index (Phi) is 7.45. The summed E-state index contributed by atoms with van der Waals surface area (Å²) in [6, 6.07) is 19.4. The van der Waals surface area contributed by atoms with E-state index < -0.39 is 0 Å². The van der Waals surface area contributed by atoms with Gasteiger partial charge in [0, 0.05) is 23.5 Å². The van der Waals surface area contributed by atoms with Crippen LogP contribution in [-0.4, -0.2) is 29.6 Å². The maximum atomic E-state index is 13.3. The highest BCUT2D eigenvalue weighted by molar-refractivity contribution is 5.75. The molecule has 39 heavy (non-hydrogen) atoms. The first-order chi connectivity index (χ1) is 18.8. The van der Waals surface area contributed by atoms with Crippen LogP contribution in [0.25, 0.3) is 0 Å². The largest absolute Gasteiger partial charge is 0.497 e. The first-order valence-electron chi connectivity index (χ1n) is 12.9. The Balaban J connectivity index is 1.32. The third-order valence-electron chi connectivity index (χ3n) is 7.10. The number of aryl methyl sites for hydroxylation is 1. The lowest BCUT2D eigenvalue weighted by Crippen LogP contribution is -2.35. The van der Waals surface area contributed by atoms with Crippen LogP contribution < -0.4 is 19.7 Å². The maximum Gasteiger partial charge on any atom is 0.315 e. The van der Waals surface area contributed by atoms with Crippen LogP contribution in [-0.2, 0) is 17.6 Å². The van der Waals surface area contributed by atoms with Crippen molar-refractivity contribution in [2.45, 2.75) is 39.7 Å². The zero-order valence-electron chi connectivity index (χ0n) is 22.5. The molecule has 0 fully saturated rings. The van der Waals surface area contributed by atoms with Gasteiger partial charge in [0.25, 0.3) is 0 Å². The van der Waals surface area contributed by atoms with E-state index in [1.807, 2.05) is 56.3 Å². The van der Waals surface area contributed by atoms with E-state index in [0.29, 0.717) is 17.4 Å². The van der Waals surface area contributed by atoms with Gasteiger partial charge in [-0.2, -0.15) is 4.98 Å². The number of nitrogens with zero attached hydrogens (tertiary/aromatic N) is 3. The average molecular weight is 527 g/mol. The molecule has 0 saturated carbocycles. The second-order valence-corrected chi connectivity index (χ2v) is 9.70. The van der Waals surface area contributed by atoms with Gasteiger partial charge in [0.15, 0.2) is 0 Å². The Morgan fingerprint density at radius 1 is 1.05 bits per heavy atom. The summed E-state index contributed by atoms with van der Waals surface area (Å²) in [5.41, 5.74) is 5.76. The van der Waals surface area contributed by atoms with E-state index in [1.165, 1.54) is 12.1 Å². The van der Waals surface area contributed by atoms with Crippen molar-refractivity contribution in [1.82, 2.24) is 9.97 Å². The molecule has 1 atom stereocenters. The number of aromatic nitrogens is 2. The highest BCUT2D eigenvalue weighted by Gasteiger charge is 2.27. The van der Waals surface area contributed by atoms with Gasteiger partial charge in [-0.25, -0.2) is 9.37 Å². The molecule has 0 bridgehead atoms. The summed E-state index contributed by atoms with van der Waals surface area (Å²) in [6.45, 7) is 6.89. The second kappa shape index (κ2) is 11.1. The third-order valence-corrected chi connectivity index (χ3v) is 7.10. The predicted molar refractivity (Wildman–Crippen MR) is 149 cm³/mol. The Morgan fingerprint density at radius 3 is 2.62 bits per heavy atom. The summed E-state index contributed by atoms with van der Waals surface area (Å²) < 4.78 is 24.2. The molecule has 1 N–H and O–H groups in total. The fourth-order valence-corrected chi connectivity index (χ4v) is 4.89. The molecule has 1 aromatic heterocycles. The number of nitrogens with one attached hydrogen (secondary N) is 1. The molecule has 1 aliphatic heterocycles. The van der Waals surface area contributed by atoms with Crippen molar-refractivity contribution in [3.8, 4) is 11.5 Å². The fraction of sp³-hybridized carbons (Fsp3) is 0.258. The van der Waals surface area contributed by atoms with Crippen molar-refractivity contribution in [1.29, 1.82) is 0 Å². The minimum Gasteiger partial charge on any atom is -0.497 e. The highest BCUT2D eigenvalue weighted by Crippen LogP contribution is 2.36. The van der Waals surface area contributed by atoms with Crippen LogP contribution in [0.2, 0.25) is 0 Å². The van der Waals surface area contributed by atoms with E-state index >= 15 is 0 Å². The zero-order chi connectivity index (χ0) is 27.5. The fourth-order valence-electron chi connectivity index (χ4n) is 4.89. The molecule has 0 aliphatic carbocycles. The lowest BCUT2D eigenvalue weighted by atomic mass is 9.93. The molecule has 4 aromatic rings. The average Bonchev–Trinajstić information content (AvgIpc) is 2.92. The molecule has 2 heterocycles. The molecule has 1 aliphatic rings. The van der Waals surface area contributed by atoms with E-state index in [1.54, 1.807) is 19.2 Å². The smallest absolute Gasteiger partial charge is 0.315 e. The molecule has 0 radical (unpaired) electrons. The van der Waals surface area contributed by atoms with Crippen molar-refractivity contribution in [3.63, 3.8) is 0 Å². The van der Waals surface area contributed by atoms with Gasteiger partial charge in [-0.3, -0.25) is 4.79 Å². The van der Waals surface area contributed by atoms with Crippen LogP contribution in [0.5, 0.6) is 11.5 Å². The van der Waals surface area contributed by atoms with E-state index in [9.17, 15) is 9.18 Å². The molecule has 3 aromatic carbocycles. The summed E-state index contributed by atoms with van der Waals surface area (Å²) in [7, 11) is 1.60. The van der Waals surface area contributed by atoms with Crippen molar-refractivity contribution >= 4 is 23.4 Å². The number of rotatable bonds is 7. The molecule has 1 unspecified atom stereocenters. The lowest BCUT2D eigenvalue weighted by Gasteiger charge is -2.37. The molecule has 0 amide bonds. The number of carbonyl (C=O) groups excluding carboxylic acids is 1.